The van der Waals surface area contributed by atoms with Gasteiger partial charge < -0.3 is 10.1 Å². The lowest BCUT2D eigenvalue weighted by atomic mass is 9.64. The molecule has 70 valence electrons. The highest BCUT2D eigenvalue weighted by molar-refractivity contribution is 5.03. The van der Waals surface area contributed by atoms with Gasteiger partial charge in [0.1, 0.15) is 0 Å². The molecule has 1 atom stereocenters. The molecule has 2 heteroatoms. The van der Waals surface area contributed by atoms with Crippen LogP contribution >= 0.6 is 0 Å². The molecule has 0 aromatic heterocycles. The van der Waals surface area contributed by atoms with Crippen LogP contribution in [0.25, 0.3) is 0 Å². The highest BCUT2D eigenvalue weighted by Gasteiger charge is 2.48. The Kier molecular flexibility index (Phi) is 2.13. The minimum absolute atomic E-state index is 0.604. The molecule has 12 heavy (non-hydrogen) atoms. The van der Waals surface area contributed by atoms with Crippen LogP contribution in [0.5, 0.6) is 0 Å². The summed E-state index contributed by atoms with van der Waals surface area (Å²) in [5.41, 5.74) is 0.604. The fourth-order valence-corrected chi connectivity index (χ4v) is 2.72. The van der Waals surface area contributed by atoms with Crippen LogP contribution in [-0.4, -0.2) is 25.8 Å². The molecule has 2 heterocycles. The highest BCUT2D eigenvalue weighted by atomic mass is 16.5. The van der Waals surface area contributed by atoms with Gasteiger partial charge in [-0.3, -0.25) is 0 Å². The normalized spacial score (nSPS) is 33.8. The van der Waals surface area contributed by atoms with Crippen LogP contribution in [0.3, 0.4) is 0 Å². The molecule has 2 saturated heterocycles. The molecule has 0 radical (unpaired) electrons. The zero-order chi connectivity index (χ0) is 8.60. The molecule has 0 saturated carbocycles. The zero-order valence-electron chi connectivity index (χ0n) is 8.10. The summed E-state index contributed by atoms with van der Waals surface area (Å²) in [4.78, 5) is 0. The maximum absolute atomic E-state index is 5.40. The number of rotatable bonds is 1. The summed E-state index contributed by atoms with van der Waals surface area (Å²) in [6.07, 6.45) is 2.53. The molecule has 1 N–H and O–H groups in total. The average molecular weight is 169 g/mol. The quantitative estimate of drug-likeness (QED) is 0.641. The molecular formula is C10H19NO. The lowest BCUT2D eigenvalue weighted by Gasteiger charge is -2.54. The van der Waals surface area contributed by atoms with Crippen LogP contribution in [0.15, 0.2) is 0 Å². The van der Waals surface area contributed by atoms with Crippen LogP contribution in [0, 0.1) is 11.3 Å². The van der Waals surface area contributed by atoms with Gasteiger partial charge in [0.05, 0.1) is 0 Å². The lowest BCUT2D eigenvalue weighted by Crippen LogP contribution is -2.66. The maximum Gasteiger partial charge on any atom is 0.0472 e. The maximum atomic E-state index is 5.40. The van der Waals surface area contributed by atoms with Crippen molar-refractivity contribution in [1.29, 1.82) is 0 Å². The molecular weight excluding hydrogens is 150 g/mol. The Morgan fingerprint density at radius 2 is 2.00 bits per heavy atom. The summed E-state index contributed by atoms with van der Waals surface area (Å²) >= 11 is 0. The first-order chi connectivity index (χ1) is 5.75. The predicted molar refractivity (Wildman–Crippen MR) is 49.1 cm³/mol. The number of hydrogen-bond acceptors (Lipinski definition) is 2. The number of nitrogens with one attached hydrogen (secondary N) is 1. The van der Waals surface area contributed by atoms with Gasteiger partial charge in [-0.1, -0.05) is 13.8 Å². The summed E-state index contributed by atoms with van der Waals surface area (Å²) in [5, 5.41) is 3.55. The standard InChI is InChI=1S/C10H19NO/c1-8(2)9-10(7-11-9)3-5-12-6-4-10/h8-9,11H,3-7H2,1-2H3/t9-/m1/s1. The average Bonchev–Trinajstić information content (AvgIpc) is 2.03. The smallest absolute Gasteiger partial charge is 0.0472 e. The van der Waals surface area contributed by atoms with E-state index in [1.165, 1.54) is 19.4 Å². The predicted octanol–water partition coefficient (Wildman–Crippen LogP) is 1.41. The molecule has 0 bridgehead atoms. The van der Waals surface area contributed by atoms with E-state index in [-0.39, 0.29) is 0 Å². The minimum Gasteiger partial charge on any atom is -0.381 e. The fourth-order valence-electron chi connectivity index (χ4n) is 2.72. The largest absolute Gasteiger partial charge is 0.381 e. The van der Waals surface area contributed by atoms with E-state index in [4.69, 9.17) is 4.74 Å². The molecule has 2 aliphatic heterocycles. The van der Waals surface area contributed by atoms with Gasteiger partial charge in [0.25, 0.3) is 0 Å². The van der Waals surface area contributed by atoms with Crippen molar-refractivity contribution < 1.29 is 4.74 Å². The van der Waals surface area contributed by atoms with Crippen molar-refractivity contribution in [3.8, 4) is 0 Å². The SMILES string of the molecule is CC(C)[C@H]1NCC12CCOCC2. The van der Waals surface area contributed by atoms with E-state index >= 15 is 0 Å². The van der Waals surface area contributed by atoms with Crippen molar-refractivity contribution in [2.45, 2.75) is 32.7 Å². The monoisotopic (exact) mass is 169 g/mol. The van der Waals surface area contributed by atoms with E-state index in [1.807, 2.05) is 0 Å². The summed E-state index contributed by atoms with van der Waals surface area (Å²) in [6, 6.07) is 0.751. The Labute approximate surface area is 74.7 Å². The van der Waals surface area contributed by atoms with Crippen LogP contribution in [0.1, 0.15) is 26.7 Å². The van der Waals surface area contributed by atoms with E-state index in [0.717, 1.165) is 25.2 Å². The Bertz CT molecular complexity index is 161. The highest BCUT2D eigenvalue weighted by Crippen LogP contribution is 2.42. The Morgan fingerprint density at radius 3 is 2.42 bits per heavy atom. The van der Waals surface area contributed by atoms with Crippen molar-refractivity contribution in [2.75, 3.05) is 19.8 Å². The summed E-state index contributed by atoms with van der Waals surface area (Å²) in [5.74, 6) is 0.775. The van der Waals surface area contributed by atoms with E-state index in [0.29, 0.717) is 5.41 Å². The van der Waals surface area contributed by atoms with Gasteiger partial charge in [-0.25, -0.2) is 0 Å². The first-order valence-electron chi connectivity index (χ1n) is 5.06. The third kappa shape index (κ3) is 1.17. The minimum atomic E-state index is 0.604. The lowest BCUT2D eigenvalue weighted by molar-refractivity contribution is -0.0597. The molecule has 0 aliphatic carbocycles. The summed E-state index contributed by atoms with van der Waals surface area (Å²) < 4.78 is 5.40. The molecule has 2 fully saturated rings. The first-order valence-corrected chi connectivity index (χ1v) is 5.06. The van der Waals surface area contributed by atoms with Gasteiger partial charge >= 0.3 is 0 Å². The second kappa shape index (κ2) is 3.00. The summed E-state index contributed by atoms with van der Waals surface area (Å²) in [7, 11) is 0. The molecule has 2 aliphatic rings. The van der Waals surface area contributed by atoms with E-state index in [2.05, 4.69) is 19.2 Å². The van der Waals surface area contributed by atoms with Gasteiger partial charge in [0, 0.05) is 31.2 Å². The molecule has 2 nitrogen and oxygen atoms in total. The van der Waals surface area contributed by atoms with Gasteiger partial charge in [-0.15, -0.1) is 0 Å². The van der Waals surface area contributed by atoms with Crippen molar-refractivity contribution in [1.82, 2.24) is 5.32 Å². The van der Waals surface area contributed by atoms with Gasteiger partial charge in [0.15, 0.2) is 0 Å². The molecule has 2 rings (SSSR count). The Hall–Kier alpha value is -0.0800. The van der Waals surface area contributed by atoms with Gasteiger partial charge in [-0.05, 0) is 18.8 Å². The second-order valence-corrected chi connectivity index (χ2v) is 4.58. The van der Waals surface area contributed by atoms with Gasteiger partial charge in [-0.2, -0.15) is 0 Å². The van der Waals surface area contributed by atoms with Crippen LogP contribution in [0.4, 0.5) is 0 Å². The van der Waals surface area contributed by atoms with Crippen LogP contribution in [-0.2, 0) is 4.74 Å². The van der Waals surface area contributed by atoms with Crippen molar-refractivity contribution in [2.24, 2.45) is 11.3 Å². The topological polar surface area (TPSA) is 21.3 Å². The summed E-state index contributed by atoms with van der Waals surface area (Å²) in [6.45, 7) is 7.80. The zero-order valence-corrected chi connectivity index (χ0v) is 8.10. The first kappa shape index (κ1) is 8.52. The van der Waals surface area contributed by atoms with Gasteiger partial charge in [0.2, 0.25) is 0 Å². The van der Waals surface area contributed by atoms with Crippen LogP contribution in [0.2, 0.25) is 0 Å². The molecule has 0 aromatic rings. The molecule has 0 unspecified atom stereocenters. The Balaban J connectivity index is 2.00. The molecule has 0 amide bonds. The van der Waals surface area contributed by atoms with E-state index < -0.39 is 0 Å². The molecule has 1 spiro atoms. The van der Waals surface area contributed by atoms with E-state index in [1.54, 1.807) is 0 Å². The Morgan fingerprint density at radius 1 is 1.33 bits per heavy atom. The fraction of sp³-hybridized carbons (Fsp3) is 1.00. The second-order valence-electron chi connectivity index (χ2n) is 4.58. The van der Waals surface area contributed by atoms with Crippen molar-refractivity contribution >= 4 is 0 Å². The van der Waals surface area contributed by atoms with Crippen molar-refractivity contribution in [3.63, 3.8) is 0 Å². The number of hydrogen-bond donors (Lipinski definition) is 1. The van der Waals surface area contributed by atoms with Crippen molar-refractivity contribution in [3.05, 3.63) is 0 Å². The number of ether oxygens (including phenoxy) is 1. The van der Waals surface area contributed by atoms with Crippen LogP contribution < -0.4 is 5.32 Å². The third-order valence-corrected chi connectivity index (χ3v) is 3.49. The third-order valence-electron chi connectivity index (χ3n) is 3.49. The van der Waals surface area contributed by atoms with E-state index in [9.17, 15) is 0 Å². The molecule has 0 aromatic carbocycles.